The molecule has 29 heavy (non-hydrogen) atoms. The zero-order valence-corrected chi connectivity index (χ0v) is 18.7. The highest BCUT2D eigenvalue weighted by molar-refractivity contribution is 7.92. The summed E-state index contributed by atoms with van der Waals surface area (Å²) < 4.78 is 63.9. The van der Waals surface area contributed by atoms with Crippen molar-refractivity contribution >= 4 is 21.6 Å². The number of nitrogens with zero attached hydrogens (tertiary/aromatic N) is 1. The third-order valence-corrected chi connectivity index (χ3v) is 5.27. The van der Waals surface area contributed by atoms with Crippen LogP contribution in [0.5, 0.6) is 0 Å². The number of hydrogen-bond acceptors (Lipinski definition) is 3. The number of carbonyl (C=O) groups is 1. The van der Waals surface area contributed by atoms with Crippen molar-refractivity contribution in [3.63, 3.8) is 0 Å². The highest BCUT2D eigenvalue weighted by Gasteiger charge is 2.31. The monoisotopic (exact) mass is 436 g/mol. The van der Waals surface area contributed by atoms with Crippen LogP contribution in [0.4, 0.5) is 18.9 Å². The second-order valence-corrected chi connectivity index (χ2v) is 11.1. The molecule has 1 N–H and O–H groups in total. The number of sulfonamides is 1. The molecule has 0 aliphatic heterocycles. The van der Waals surface area contributed by atoms with Crippen molar-refractivity contribution in [3.8, 4) is 0 Å². The Morgan fingerprint density at radius 2 is 1.69 bits per heavy atom. The van der Waals surface area contributed by atoms with Gasteiger partial charge in [-0.1, -0.05) is 26.8 Å². The molecule has 0 bridgehead atoms. The van der Waals surface area contributed by atoms with Crippen molar-refractivity contribution in [3.05, 3.63) is 29.8 Å². The van der Waals surface area contributed by atoms with Crippen molar-refractivity contribution in [2.24, 2.45) is 5.41 Å². The molecule has 0 aromatic heterocycles. The van der Waals surface area contributed by atoms with Gasteiger partial charge in [-0.2, -0.15) is 13.2 Å². The quantitative estimate of drug-likeness (QED) is 0.649. The number of rotatable bonds is 8. The lowest BCUT2D eigenvalue weighted by molar-refractivity contribution is -0.137. The smallest absolute Gasteiger partial charge is 0.351 e. The number of benzene rings is 1. The Kier molecular flexibility index (Phi) is 7.78. The third kappa shape index (κ3) is 9.06. The molecule has 0 saturated heterocycles. The zero-order chi connectivity index (χ0) is 22.7. The molecule has 0 heterocycles. The topological polar surface area (TPSA) is 66.5 Å². The predicted octanol–water partition coefficient (Wildman–Crippen LogP) is 4.58. The van der Waals surface area contributed by atoms with E-state index in [-0.39, 0.29) is 36.4 Å². The second-order valence-electron chi connectivity index (χ2n) is 9.16. The van der Waals surface area contributed by atoms with Crippen LogP contribution in [0.3, 0.4) is 0 Å². The molecular weight excluding hydrogens is 405 g/mol. The lowest BCUT2D eigenvalue weighted by Crippen LogP contribution is -2.46. The summed E-state index contributed by atoms with van der Waals surface area (Å²) in [7, 11) is -3.80. The van der Waals surface area contributed by atoms with Gasteiger partial charge in [0.05, 0.1) is 17.5 Å². The van der Waals surface area contributed by atoms with Gasteiger partial charge in [-0.15, -0.1) is 0 Å². The number of alkyl halides is 3. The van der Waals surface area contributed by atoms with Crippen LogP contribution in [0.2, 0.25) is 0 Å². The summed E-state index contributed by atoms with van der Waals surface area (Å²) in [5.74, 6) is -0.225. The van der Waals surface area contributed by atoms with Gasteiger partial charge in [-0.05, 0) is 50.3 Å². The largest absolute Gasteiger partial charge is 0.416 e. The van der Waals surface area contributed by atoms with E-state index in [4.69, 9.17) is 0 Å². The number of hydrogen-bond donors (Lipinski definition) is 1. The number of anilines is 1. The fourth-order valence-corrected chi connectivity index (χ4v) is 4.47. The highest BCUT2D eigenvalue weighted by Crippen LogP contribution is 2.32. The maximum Gasteiger partial charge on any atom is 0.416 e. The molecule has 0 spiro atoms. The second kappa shape index (κ2) is 8.93. The first kappa shape index (κ1) is 25.3. The Bertz CT molecular complexity index is 813. The van der Waals surface area contributed by atoms with E-state index in [0.29, 0.717) is 0 Å². The third-order valence-electron chi connectivity index (χ3n) is 4.08. The lowest BCUT2D eigenvalue weighted by atomic mass is 9.82. The van der Waals surface area contributed by atoms with Crippen LogP contribution < -0.4 is 9.62 Å². The molecule has 0 radical (unpaired) electrons. The van der Waals surface area contributed by atoms with Crippen LogP contribution in [0.15, 0.2) is 24.3 Å². The zero-order valence-electron chi connectivity index (χ0n) is 17.9. The number of amides is 1. The van der Waals surface area contributed by atoms with E-state index in [2.05, 4.69) is 26.1 Å². The Balaban J connectivity index is 2.82. The average Bonchev–Trinajstić information content (AvgIpc) is 2.46. The highest BCUT2D eigenvalue weighted by atomic mass is 32.2. The minimum absolute atomic E-state index is 0.0212. The van der Waals surface area contributed by atoms with Crippen LogP contribution >= 0.6 is 0 Å². The van der Waals surface area contributed by atoms with Gasteiger partial charge in [0.2, 0.25) is 15.9 Å². The molecule has 1 aromatic rings. The molecule has 9 heteroatoms. The fraction of sp³-hybridized carbons (Fsp3) is 0.650. The molecule has 1 rings (SSSR count). The number of nitrogens with one attached hydrogen (secondary N) is 1. The van der Waals surface area contributed by atoms with Crippen molar-refractivity contribution in [1.82, 2.24) is 5.32 Å². The van der Waals surface area contributed by atoms with Gasteiger partial charge in [-0.25, -0.2) is 8.42 Å². The van der Waals surface area contributed by atoms with Crippen molar-refractivity contribution in [2.45, 2.75) is 65.6 Å². The summed E-state index contributed by atoms with van der Waals surface area (Å²) in [6.45, 7) is 9.95. The lowest BCUT2D eigenvalue weighted by Gasteiger charge is -2.33. The van der Waals surface area contributed by atoms with Gasteiger partial charge >= 0.3 is 6.18 Å². The minimum Gasteiger partial charge on any atom is -0.351 e. The molecule has 0 atom stereocenters. The summed E-state index contributed by atoms with van der Waals surface area (Å²) in [6, 6.07) is 4.16. The van der Waals surface area contributed by atoms with Crippen LogP contribution in [0, 0.1) is 5.41 Å². The van der Waals surface area contributed by atoms with Gasteiger partial charge in [0.1, 0.15) is 0 Å². The van der Waals surface area contributed by atoms with Gasteiger partial charge in [-0.3, -0.25) is 9.10 Å². The molecule has 1 amide bonds. The van der Waals surface area contributed by atoms with Crippen molar-refractivity contribution < 1.29 is 26.4 Å². The molecule has 0 aliphatic carbocycles. The van der Waals surface area contributed by atoms with Gasteiger partial charge in [0, 0.05) is 18.5 Å². The summed E-state index contributed by atoms with van der Waals surface area (Å²) >= 11 is 0. The van der Waals surface area contributed by atoms with Gasteiger partial charge in [0.25, 0.3) is 0 Å². The molecule has 0 unspecified atom stereocenters. The molecule has 5 nitrogen and oxygen atoms in total. The number of halogens is 3. The fourth-order valence-electron chi connectivity index (χ4n) is 3.52. The first-order valence-electron chi connectivity index (χ1n) is 9.37. The minimum atomic E-state index is -4.57. The first-order valence-corrected chi connectivity index (χ1v) is 11.2. The molecular formula is C20H31F3N2O3S. The van der Waals surface area contributed by atoms with Crippen LogP contribution in [-0.2, 0) is 21.0 Å². The predicted molar refractivity (Wildman–Crippen MR) is 109 cm³/mol. The van der Waals surface area contributed by atoms with E-state index >= 15 is 0 Å². The maximum absolute atomic E-state index is 12.9. The van der Waals surface area contributed by atoms with Crippen molar-refractivity contribution in [2.75, 3.05) is 17.1 Å². The Morgan fingerprint density at radius 1 is 1.10 bits per heavy atom. The summed E-state index contributed by atoms with van der Waals surface area (Å²) in [5.41, 5.74) is -1.40. The first-order chi connectivity index (χ1) is 12.9. The average molecular weight is 437 g/mol. The summed E-state index contributed by atoms with van der Waals surface area (Å²) in [6.07, 6.45) is -2.64. The Morgan fingerprint density at radius 3 is 2.17 bits per heavy atom. The van der Waals surface area contributed by atoms with E-state index in [1.165, 1.54) is 6.07 Å². The number of carbonyl (C=O) groups excluding carboxylic acids is 1. The standard InChI is InChI=1S/C20H31F3N2O3S/c1-18(2,3)14-19(4,5)24-17(26)11-8-12-25(29(6,27)28)16-10-7-9-15(13-16)20(21,22)23/h7,9-10,13H,8,11-12,14H2,1-6H3,(H,24,26). The molecule has 166 valence electrons. The van der Waals surface area contributed by atoms with Crippen LogP contribution in [-0.4, -0.2) is 32.7 Å². The van der Waals surface area contributed by atoms with E-state index in [1.54, 1.807) is 0 Å². The SMILES string of the molecule is CC(C)(C)CC(C)(C)NC(=O)CCCN(c1cccc(C(F)(F)F)c1)S(C)(=O)=O. The van der Waals surface area contributed by atoms with E-state index in [0.717, 1.165) is 35.2 Å². The summed E-state index contributed by atoms with van der Waals surface area (Å²) in [5, 5.41) is 2.94. The van der Waals surface area contributed by atoms with Crippen LogP contribution in [0.25, 0.3) is 0 Å². The van der Waals surface area contributed by atoms with Crippen LogP contribution in [0.1, 0.15) is 59.4 Å². The van der Waals surface area contributed by atoms with Gasteiger partial charge in [0.15, 0.2) is 0 Å². The Labute approximate surface area is 171 Å². The maximum atomic E-state index is 12.9. The molecule has 1 aromatic carbocycles. The normalized spacial score (nSPS) is 13.3. The van der Waals surface area contributed by atoms with E-state index in [1.807, 2.05) is 13.8 Å². The Hall–Kier alpha value is -1.77. The van der Waals surface area contributed by atoms with E-state index in [9.17, 15) is 26.4 Å². The molecule has 0 fully saturated rings. The van der Waals surface area contributed by atoms with Crippen molar-refractivity contribution in [1.29, 1.82) is 0 Å². The molecule has 0 saturated carbocycles. The molecule has 0 aliphatic rings. The van der Waals surface area contributed by atoms with Gasteiger partial charge < -0.3 is 5.32 Å². The van der Waals surface area contributed by atoms with E-state index < -0.39 is 27.3 Å². The summed E-state index contributed by atoms with van der Waals surface area (Å²) in [4.78, 5) is 12.3.